The molecular weight excluding hydrogens is 335 g/mol. The van der Waals surface area contributed by atoms with Gasteiger partial charge in [0.2, 0.25) is 5.91 Å². The van der Waals surface area contributed by atoms with Crippen molar-refractivity contribution in [1.29, 1.82) is 0 Å². The lowest BCUT2D eigenvalue weighted by molar-refractivity contribution is -0.129. The fourth-order valence-corrected chi connectivity index (χ4v) is 3.27. The number of nitrogens with one attached hydrogen (secondary N) is 1. The second-order valence-electron chi connectivity index (χ2n) is 5.70. The second-order valence-corrected chi connectivity index (χ2v) is 6.14. The molecule has 2 amide bonds. The number of benzene rings is 2. The number of hydrogen-bond acceptors (Lipinski definition) is 4. The molecule has 24 heavy (non-hydrogen) atoms. The minimum Gasteiger partial charge on any atom is -0.294 e. The van der Waals surface area contributed by atoms with E-state index in [1.54, 1.807) is 36.4 Å². The number of rotatable bonds is 2. The second kappa shape index (κ2) is 5.58. The molecular formula is C17H12ClFN2O3. The van der Waals surface area contributed by atoms with Gasteiger partial charge in [-0.15, -0.1) is 0 Å². The predicted molar refractivity (Wildman–Crippen MR) is 84.6 cm³/mol. The summed E-state index contributed by atoms with van der Waals surface area (Å²) in [5, 5.41) is 4.37. The van der Waals surface area contributed by atoms with Crippen LogP contribution in [0.4, 0.5) is 10.1 Å². The van der Waals surface area contributed by atoms with Gasteiger partial charge in [0.1, 0.15) is 11.7 Å². The van der Waals surface area contributed by atoms with E-state index in [4.69, 9.17) is 16.4 Å². The van der Waals surface area contributed by atoms with E-state index < -0.39 is 29.9 Å². The molecule has 2 heterocycles. The smallest absolute Gasteiger partial charge is 0.259 e. The van der Waals surface area contributed by atoms with Crippen LogP contribution in [-0.2, 0) is 14.4 Å². The summed E-state index contributed by atoms with van der Waals surface area (Å²) in [5.74, 6) is -1.93. The number of hydroxylamine groups is 1. The van der Waals surface area contributed by atoms with Crippen LogP contribution in [0.25, 0.3) is 0 Å². The van der Waals surface area contributed by atoms with E-state index in [0.717, 1.165) is 0 Å². The molecule has 2 saturated heterocycles. The van der Waals surface area contributed by atoms with Crippen LogP contribution in [0.1, 0.15) is 11.6 Å². The highest BCUT2D eigenvalue weighted by atomic mass is 35.5. The summed E-state index contributed by atoms with van der Waals surface area (Å²) in [5.41, 5.74) is 1.34. The molecule has 0 saturated carbocycles. The maximum Gasteiger partial charge on any atom is 0.259 e. The molecule has 0 unspecified atom stereocenters. The van der Waals surface area contributed by atoms with Gasteiger partial charge < -0.3 is 0 Å². The number of carbonyl (C=O) groups excluding carboxylic acids is 2. The van der Waals surface area contributed by atoms with Crippen molar-refractivity contribution in [3.8, 4) is 0 Å². The molecule has 3 atom stereocenters. The minimum absolute atomic E-state index is 0.376. The van der Waals surface area contributed by atoms with Crippen molar-refractivity contribution in [3.05, 3.63) is 64.9 Å². The zero-order valence-electron chi connectivity index (χ0n) is 12.3. The van der Waals surface area contributed by atoms with E-state index in [1.807, 2.05) is 0 Å². The molecule has 5 nitrogen and oxygen atoms in total. The van der Waals surface area contributed by atoms with Gasteiger partial charge >= 0.3 is 0 Å². The Bertz CT molecular complexity index is 810. The van der Waals surface area contributed by atoms with Crippen LogP contribution in [-0.4, -0.2) is 17.9 Å². The predicted octanol–water partition coefficient (Wildman–Crippen LogP) is 2.61. The van der Waals surface area contributed by atoms with Crippen LogP contribution in [0.5, 0.6) is 0 Å². The van der Waals surface area contributed by atoms with Crippen LogP contribution in [0.15, 0.2) is 48.5 Å². The lowest BCUT2D eigenvalue weighted by Gasteiger charge is -2.27. The van der Waals surface area contributed by atoms with Crippen molar-refractivity contribution in [1.82, 2.24) is 5.32 Å². The molecule has 0 radical (unpaired) electrons. The van der Waals surface area contributed by atoms with Crippen molar-refractivity contribution in [2.24, 2.45) is 5.92 Å². The van der Waals surface area contributed by atoms with Gasteiger partial charge in [-0.05, 0) is 42.0 Å². The summed E-state index contributed by atoms with van der Waals surface area (Å²) in [6, 6.07) is 12.1. The zero-order valence-corrected chi connectivity index (χ0v) is 13.0. The third-order valence-corrected chi connectivity index (χ3v) is 4.50. The highest BCUT2D eigenvalue weighted by Crippen LogP contribution is 2.44. The number of hydrogen-bond donors (Lipinski definition) is 1. The van der Waals surface area contributed by atoms with Crippen LogP contribution < -0.4 is 10.4 Å². The van der Waals surface area contributed by atoms with Gasteiger partial charge in [0.25, 0.3) is 5.91 Å². The Labute approximate surface area is 141 Å². The Hall–Kier alpha value is -2.44. The number of amides is 2. The minimum atomic E-state index is -0.900. The average Bonchev–Trinajstić information content (AvgIpc) is 3.08. The van der Waals surface area contributed by atoms with E-state index in [1.165, 1.54) is 17.2 Å². The Balaban J connectivity index is 1.79. The van der Waals surface area contributed by atoms with Gasteiger partial charge in [0, 0.05) is 5.02 Å². The number of imide groups is 1. The van der Waals surface area contributed by atoms with Gasteiger partial charge in [-0.1, -0.05) is 23.7 Å². The van der Waals surface area contributed by atoms with Gasteiger partial charge in [0.05, 0.1) is 11.7 Å². The van der Waals surface area contributed by atoms with Crippen molar-refractivity contribution >= 4 is 29.1 Å². The fourth-order valence-electron chi connectivity index (χ4n) is 3.14. The number of anilines is 1. The van der Waals surface area contributed by atoms with Gasteiger partial charge in [-0.25, -0.2) is 9.45 Å². The molecule has 2 aliphatic rings. The zero-order chi connectivity index (χ0) is 16.8. The van der Waals surface area contributed by atoms with Crippen molar-refractivity contribution in [2.45, 2.75) is 12.1 Å². The summed E-state index contributed by atoms with van der Waals surface area (Å²) in [4.78, 5) is 29.9. The SMILES string of the molecule is O=C1NC(=O)[C@@H]2ON(c3ccc(Cl)cc3)[C@@H](c3ccc(F)cc3)[C@H]12. The van der Waals surface area contributed by atoms with Crippen LogP contribution >= 0.6 is 11.6 Å². The summed E-state index contributed by atoms with van der Waals surface area (Å²) in [6.07, 6.45) is -0.900. The first kappa shape index (κ1) is 15.1. The van der Waals surface area contributed by atoms with E-state index >= 15 is 0 Å². The van der Waals surface area contributed by atoms with Crippen LogP contribution in [0.2, 0.25) is 5.02 Å². The maximum atomic E-state index is 13.3. The molecule has 122 valence electrons. The van der Waals surface area contributed by atoms with Gasteiger partial charge in [-0.3, -0.25) is 19.7 Å². The van der Waals surface area contributed by atoms with E-state index in [2.05, 4.69) is 5.32 Å². The largest absolute Gasteiger partial charge is 0.294 e. The fraction of sp³-hybridized carbons (Fsp3) is 0.176. The Kier molecular flexibility index (Phi) is 3.51. The third-order valence-electron chi connectivity index (χ3n) is 4.25. The number of fused-ring (bicyclic) bond motifs is 1. The highest BCUT2D eigenvalue weighted by molar-refractivity contribution is 6.30. The highest BCUT2D eigenvalue weighted by Gasteiger charge is 2.56. The number of halogens is 2. The van der Waals surface area contributed by atoms with Crippen molar-refractivity contribution in [3.63, 3.8) is 0 Å². The lowest BCUT2D eigenvalue weighted by atomic mass is 9.90. The first-order valence-electron chi connectivity index (χ1n) is 7.36. The summed E-state index contributed by atoms with van der Waals surface area (Å²) in [6.45, 7) is 0. The molecule has 2 fully saturated rings. The normalized spacial score (nSPS) is 25.8. The Morgan fingerprint density at radius 1 is 1.00 bits per heavy atom. The standard InChI is InChI=1S/C17H12ClFN2O3/c18-10-3-7-12(8-4-10)21-14(9-1-5-11(19)6-2-9)13-15(24-21)17(23)20-16(13)22/h1-8,13-15H,(H,20,22,23)/t13-,14-,15+/m0/s1. The van der Waals surface area contributed by atoms with Gasteiger partial charge in [-0.2, -0.15) is 0 Å². The monoisotopic (exact) mass is 346 g/mol. The first-order chi connectivity index (χ1) is 11.5. The topological polar surface area (TPSA) is 58.6 Å². The van der Waals surface area contributed by atoms with Crippen molar-refractivity contribution < 1.29 is 18.8 Å². The Morgan fingerprint density at radius 3 is 2.33 bits per heavy atom. The molecule has 0 aromatic heterocycles. The van der Waals surface area contributed by atoms with Crippen LogP contribution in [0.3, 0.4) is 0 Å². The van der Waals surface area contributed by atoms with E-state index in [9.17, 15) is 14.0 Å². The maximum absolute atomic E-state index is 13.3. The molecule has 1 N–H and O–H groups in total. The molecule has 0 aliphatic carbocycles. The third kappa shape index (κ3) is 2.35. The molecule has 2 aromatic rings. The van der Waals surface area contributed by atoms with Crippen molar-refractivity contribution in [2.75, 3.05) is 5.06 Å². The van der Waals surface area contributed by atoms with E-state index in [-0.39, 0.29) is 5.82 Å². The van der Waals surface area contributed by atoms with Crippen LogP contribution in [0, 0.1) is 11.7 Å². The summed E-state index contributed by atoms with van der Waals surface area (Å²) in [7, 11) is 0. The molecule has 7 heteroatoms. The lowest BCUT2D eigenvalue weighted by Crippen LogP contribution is -2.33. The average molecular weight is 347 g/mol. The Morgan fingerprint density at radius 2 is 1.67 bits per heavy atom. The number of nitrogens with zero attached hydrogens (tertiary/aromatic N) is 1. The molecule has 0 bridgehead atoms. The molecule has 4 rings (SSSR count). The quantitative estimate of drug-likeness (QED) is 0.849. The number of carbonyl (C=O) groups is 2. The first-order valence-corrected chi connectivity index (χ1v) is 7.74. The van der Waals surface area contributed by atoms with Gasteiger partial charge in [0.15, 0.2) is 6.10 Å². The molecule has 0 spiro atoms. The molecule has 2 aromatic carbocycles. The summed E-state index contributed by atoms with van der Waals surface area (Å²) < 4.78 is 13.3. The summed E-state index contributed by atoms with van der Waals surface area (Å²) >= 11 is 5.91. The molecule has 2 aliphatic heterocycles. The van der Waals surface area contributed by atoms with E-state index in [0.29, 0.717) is 16.3 Å².